The van der Waals surface area contributed by atoms with E-state index in [0.29, 0.717) is 12.1 Å². The Morgan fingerprint density at radius 1 is 1.00 bits per heavy atom. The zero-order valence-corrected chi connectivity index (χ0v) is 9.78. The first kappa shape index (κ1) is 10.8. The van der Waals surface area contributed by atoms with Gasteiger partial charge in [0.25, 0.3) is 0 Å². The summed E-state index contributed by atoms with van der Waals surface area (Å²) in [6.07, 6.45) is 0.490. The van der Waals surface area contributed by atoms with Crippen LogP contribution in [-0.4, -0.2) is 10.9 Å². The van der Waals surface area contributed by atoms with Gasteiger partial charge in [0.1, 0.15) is 11.9 Å². The van der Waals surface area contributed by atoms with Gasteiger partial charge in [-0.1, -0.05) is 47.6 Å². The van der Waals surface area contributed by atoms with Gasteiger partial charge in [0.05, 0.1) is 5.71 Å². The Labute approximate surface area is 105 Å². The number of hydrogen-bond acceptors (Lipinski definition) is 3. The number of hydrogen-bond donors (Lipinski definition) is 1. The highest BCUT2D eigenvalue weighted by molar-refractivity contribution is 6.03. The van der Waals surface area contributed by atoms with E-state index in [1.54, 1.807) is 0 Å². The molecule has 18 heavy (non-hydrogen) atoms. The van der Waals surface area contributed by atoms with Crippen LogP contribution in [0, 0.1) is 0 Å². The van der Waals surface area contributed by atoms with E-state index >= 15 is 0 Å². The summed E-state index contributed by atoms with van der Waals surface area (Å²) in [5.41, 5.74) is 2.63. The molecule has 0 unspecified atom stereocenters. The third-order valence-corrected chi connectivity index (χ3v) is 3.14. The zero-order chi connectivity index (χ0) is 12.4. The molecule has 0 saturated heterocycles. The highest BCUT2D eigenvalue weighted by Gasteiger charge is 2.26. The number of rotatable bonds is 1. The van der Waals surface area contributed by atoms with Gasteiger partial charge < -0.3 is 9.94 Å². The first-order chi connectivity index (χ1) is 8.88. The second-order valence-corrected chi connectivity index (χ2v) is 4.26. The van der Waals surface area contributed by atoms with Crippen molar-refractivity contribution >= 4 is 5.71 Å². The zero-order valence-electron chi connectivity index (χ0n) is 9.78. The molecule has 0 spiro atoms. The highest BCUT2D eigenvalue weighted by atomic mass is 16.5. The first-order valence-corrected chi connectivity index (χ1v) is 5.90. The lowest BCUT2D eigenvalue weighted by molar-refractivity contribution is 0.203. The molecule has 1 aliphatic heterocycles. The average molecular weight is 239 g/mol. The molecule has 1 atom stereocenters. The Morgan fingerprint density at radius 3 is 2.50 bits per heavy atom. The molecule has 1 N–H and O–H groups in total. The molecule has 1 aliphatic rings. The third-order valence-electron chi connectivity index (χ3n) is 3.14. The number of fused-ring (bicyclic) bond motifs is 1. The van der Waals surface area contributed by atoms with Crippen LogP contribution < -0.4 is 4.74 Å². The minimum absolute atomic E-state index is 0.0907. The topological polar surface area (TPSA) is 41.8 Å². The Hall–Kier alpha value is -2.29. The molecule has 0 amide bonds. The summed E-state index contributed by atoms with van der Waals surface area (Å²) >= 11 is 0. The van der Waals surface area contributed by atoms with Crippen LogP contribution in [-0.2, 0) is 0 Å². The van der Waals surface area contributed by atoms with Crippen molar-refractivity contribution in [2.45, 2.75) is 12.5 Å². The molecule has 1 heterocycles. The Bertz CT molecular complexity index is 578. The van der Waals surface area contributed by atoms with Crippen LogP contribution in [0.1, 0.15) is 23.7 Å². The van der Waals surface area contributed by atoms with E-state index in [1.807, 2.05) is 54.6 Å². The molecule has 2 aromatic carbocycles. The molecule has 0 fully saturated rings. The van der Waals surface area contributed by atoms with E-state index in [4.69, 9.17) is 9.94 Å². The largest absolute Gasteiger partial charge is 0.485 e. The molecular formula is C15H13NO2. The van der Waals surface area contributed by atoms with Gasteiger partial charge >= 0.3 is 0 Å². The van der Waals surface area contributed by atoms with Crippen molar-refractivity contribution in [3.05, 3.63) is 65.7 Å². The Balaban J connectivity index is 2.00. The number of nitrogens with zero attached hydrogens (tertiary/aromatic N) is 1. The van der Waals surface area contributed by atoms with E-state index in [9.17, 15) is 0 Å². The molecule has 0 radical (unpaired) electrons. The second-order valence-electron chi connectivity index (χ2n) is 4.26. The van der Waals surface area contributed by atoms with Crippen molar-refractivity contribution in [1.29, 1.82) is 0 Å². The quantitative estimate of drug-likeness (QED) is 0.612. The maximum Gasteiger partial charge on any atom is 0.129 e. The van der Waals surface area contributed by atoms with Crippen molar-refractivity contribution in [1.82, 2.24) is 0 Å². The molecule has 3 rings (SSSR count). The normalized spacial score (nSPS) is 20.2. The van der Waals surface area contributed by atoms with Crippen molar-refractivity contribution in [3.63, 3.8) is 0 Å². The molecule has 0 aromatic heterocycles. The second kappa shape index (κ2) is 4.53. The summed E-state index contributed by atoms with van der Waals surface area (Å²) in [7, 11) is 0. The standard InChI is InChI=1S/C15H13NO2/c17-16-13-10-15(11-6-2-1-3-7-11)18-14-9-5-4-8-12(13)14/h1-9,15,17H,10H2/b16-13-/t15-/m1/s1. The summed E-state index contributed by atoms with van der Waals surface area (Å²) in [6, 6.07) is 17.6. The van der Waals surface area contributed by atoms with Gasteiger partial charge in [-0.2, -0.15) is 0 Å². The molecule has 3 heteroatoms. The van der Waals surface area contributed by atoms with Crippen LogP contribution in [0.3, 0.4) is 0 Å². The van der Waals surface area contributed by atoms with Gasteiger partial charge in [0.15, 0.2) is 0 Å². The fourth-order valence-electron chi connectivity index (χ4n) is 2.24. The lowest BCUT2D eigenvalue weighted by Crippen LogP contribution is -2.20. The SMILES string of the molecule is O/N=C1/C[C@H](c2ccccc2)Oc2ccccc21. The van der Waals surface area contributed by atoms with E-state index < -0.39 is 0 Å². The monoisotopic (exact) mass is 239 g/mol. The lowest BCUT2D eigenvalue weighted by atomic mass is 9.96. The Kier molecular flexibility index (Phi) is 2.73. The van der Waals surface area contributed by atoms with Crippen LogP contribution >= 0.6 is 0 Å². The van der Waals surface area contributed by atoms with Gasteiger partial charge in [0.2, 0.25) is 0 Å². The van der Waals surface area contributed by atoms with Crippen LogP contribution in [0.25, 0.3) is 0 Å². The molecule has 90 valence electrons. The third kappa shape index (κ3) is 1.84. The van der Waals surface area contributed by atoms with Gasteiger partial charge in [-0.05, 0) is 17.7 Å². The van der Waals surface area contributed by atoms with Gasteiger partial charge in [0, 0.05) is 12.0 Å². The van der Waals surface area contributed by atoms with E-state index in [1.165, 1.54) is 0 Å². The number of ether oxygens (including phenoxy) is 1. The van der Waals surface area contributed by atoms with E-state index in [2.05, 4.69) is 5.16 Å². The van der Waals surface area contributed by atoms with Crippen LogP contribution in [0.15, 0.2) is 59.8 Å². The summed E-state index contributed by atoms with van der Waals surface area (Å²) in [6.45, 7) is 0. The van der Waals surface area contributed by atoms with Crippen molar-refractivity contribution in [2.24, 2.45) is 5.16 Å². The summed E-state index contributed by atoms with van der Waals surface area (Å²) in [5, 5.41) is 12.5. The molecule has 2 aromatic rings. The fourth-order valence-corrected chi connectivity index (χ4v) is 2.24. The number of para-hydroxylation sites is 1. The smallest absolute Gasteiger partial charge is 0.129 e. The van der Waals surface area contributed by atoms with Crippen LogP contribution in [0.2, 0.25) is 0 Å². The number of benzene rings is 2. The van der Waals surface area contributed by atoms with E-state index in [-0.39, 0.29) is 6.10 Å². The predicted molar refractivity (Wildman–Crippen MR) is 69.2 cm³/mol. The molecule has 0 aliphatic carbocycles. The van der Waals surface area contributed by atoms with E-state index in [0.717, 1.165) is 16.9 Å². The summed E-state index contributed by atoms with van der Waals surface area (Å²) < 4.78 is 5.96. The van der Waals surface area contributed by atoms with Crippen LogP contribution in [0.4, 0.5) is 0 Å². The number of oxime groups is 1. The fraction of sp³-hybridized carbons (Fsp3) is 0.133. The highest BCUT2D eigenvalue weighted by Crippen LogP contribution is 2.34. The maximum absolute atomic E-state index is 9.13. The van der Waals surface area contributed by atoms with Crippen LogP contribution in [0.5, 0.6) is 5.75 Å². The molecule has 3 nitrogen and oxygen atoms in total. The minimum atomic E-state index is -0.0907. The summed E-state index contributed by atoms with van der Waals surface area (Å²) in [5.74, 6) is 0.769. The van der Waals surface area contributed by atoms with Gasteiger partial charge in [-0.3, -0.25) is 0 Å². The predicted octanol–water partition coefficient (Wildman–Crippen LogP) is 3.39. The molecular weight excluding hydrogens is 226 g/mol. The Morgan fingerprint density at radius 2 is 1.72 bits per heavy atom. The molecule has 0 saturated carbocycles. The average Bonchev–Trinajstić information content (AvgIpc) is 2.47. The van der Waals surface area contributed by atoms with Crippen molar-refractivity contribution < 1.29 is 9.94 Å². The van der Waals surface area contributed by atoms with Crippen molar-refractivity contribution in [3.8, 4) is 5.75 Å². The molecule has 0 bridgehead atoms. The van der Waals surface area contributed by atoms with Gasteiger partial charge in [-0.25, -0.2) is 0 Å². The summed E-state index contributed by atoms with van der Waals surface area (Å²) in [4.78, 5) is 0. The lowest BCUT2D eigenvalue weighted by Gasteiger charge is -2.26. The maximum atomic E-state index is 9.13. The van der Waals surface area contributed by atoms with Gasteiger partial charge in [-0.15, -0.1) is 0 Å². The first-order valence-electron chi connectivity index (χ1n) is 5.90. The minimum Gasteiger partial charge on any atom is -0.485 e. The van der Waals surface area contributed by atoms with Crippen molar-refractivity contribution in [2.75, 3.05) is 0 Å².